The Morgan fingerprint density at radius 1 is 1.00 bits per heavy atom. The van der Waals surface area contributed by atoms with Crippen LogP contribution in [0.3, 0.4) is 0 Å². The van der Waals surface area contributed by atoms with E-state index in [4.69, 9.17) is 4.74 Å². The van der Waals surface area contributed by atoms with Crippen LogP contribution in [0, 0.1) is 0 Å². The SMILES string of the molecule is c1ccc(COc2ccc3ncncc3c2)cc1. The predicted molar refractivity (Wildman–Crippen MR) is 70.3 cm³/mol. The van der Waals surface area contributed by atoms with Gasteiger partial charge in [0.2, 0.25) is 0 Å². The zero-order valence-electron chi connectivity index (χ0n) is 9.78. The van der Waals surface area contributed by atoms with Crippen molar-refractivity contribution in [1.29, 1.82) is 0 Å². The molecule has 1 aromatic heterocycles. The molecule has 2 aromatic carbocycles. The lowest BCUT2D eigenvalue weighted by atomic mass is 10.2. The van der Waals surface area contributed by atoms with E-state index < -0.39 is 0 Å². The largest absolute Gasteiger partial charge is 0.489 e. The number of hydrogen-bond acceptors (Lipinski definition) is 3. The summed E-state index contributed by atoms with van der Waals surface area (Å²) in [7, 11) is 0. The summed E-state index contributed by atoms with van der Waals surface area (Å²) in [5.74, 6) is 0.834. The summed E-state index contributed by atoms with van der Waals surface area (Å²) in [5.41, 5.74) is 2.08. The second kappa shape index (κ2) is 4.84. The maximum absolute atomic E-state index is 5.74. The Morgan fingerprint density at radius 3 is 2.78 bits per heavy atom. The molecule has 0 saturated heterocycles. The minimum Gasteiger partial charge on any atom is -0.489 e. The standard InChI is InChI=1S/C15H12N2O/c1-2-4-12(5-3-1)10-18-14-6-7-15-13(8-14)9-16-11-17-15/h1-9,11H,10H2. The summed E-state index contributed by atoms with van der Waals surface area (Å²) >= 11 is 0. The molecule has 3 aromatic rings. The Kier molecular flexibility index (Phi) is 2.88. The van der Waals surface area contributed by atoms with Crippen molar-refractivity contribution in [3.8, 4) is 5.75 Å². The van der Waals surface area contributed by atoms with Crippen LogP contribution in [-0.2, 0) is 6.61 Å². The van der Waals surface area contributed by atoms with Crippen LogP contribution in [0.25, 0.3) is 10.9 Å². The van der Waals surface area contributed by atoms with Crippen molar-refractivity contribution in [3.63, 3.8) is 0 Å². The van der Waals surface area contributed by atoms with Gasteiger partial charge in [-0.05, 0) is 23.8 Å². The van der Waals surface area contributed by atoms with Gasteiger partial charge in [-0.2, -0.15) is 0 Å². The van der Waals surface area contributed by atoms with Gasteiger partial charge < -0.3 is 4.74 Å². The normalized spacial score (nSPS) is 10.4. The lowest BCUT2D eigenvalue weighted by Gasteiger charge is -2.06. The van der Waals surface area contributed by atoms with E-state index in [-0.39, 0.29) is 0 Å². The molecule has 0 aliphatic heterocycles. The van der Waals surface area contributed by atoms with E-state index in [2.05, 4.69) is 9.97 Å². The number of rotatable bonds is 3. The zero-order valence-corrected chi connectivity index (χ0v) is 9.78. The van der Waals surface area contributed by atoms with Gasteiger partial charge in [-0.25, -0.2) is 9.97 Å². The molecule has 1 heterocycles. The highest BCUT2D eigenvalue weighted by atomic mass is 16.5. The summed E-state index contributed by atoms with van der Waals surface area (Å²) in [5, 5.41) is 0.989. The zero-order chi connectivity index (χ0) is 12.2. The van der Waals surface area contributed by atoms with E-state index in [0.717, 1.165) is 22.2 Å². The van der Waals surface area contributed by atoms with Gasteiger partial charge >= 0.3 is 0 Å². The molecular formula is C15H12N2O. The van der Waals surface area contributed by atoms with Crippen LogP contribution >= 0.6 is 0 Å². The topological polar surface area (TPSA) is 35.0 Å². The van der Waals surface area contributed by atoms with Crippen LogP contribution in [0.2, 0.25) is 0 Å². The number of hydrogen-bond donors (Lipinski definition) is 0. The molecule has 0 aliphatic carbocycles. The molecule has 0 amide bonds. The van der Waals surface area contributed by atoms with Gasteiger partial charge in [0, 0.05) is 11.6 Å². The predicted octanol–water partition coefficient (Wildman–Crippen LogP) is 3.21. The molecule has 0 N–H and O–H groups in total. The fraction of sp³-hybridized carbons (Fsp3) is 0.0667. The quantitative estimate of drug-likeness (QED) is 0.700. The van der Waals surface area contributed by atoms with Crippen molar-refractivity contribution in [3.05, 3.63) is 66.6 Å². The minimum atomic E-state index is 0.569. The Hall–Kier alpha value is -2.42. The summed E-state index contributed by atoms with van der Waals surface area (Å²) < 4.78 is 5.74. The van der Waals surface area contributed by atoms with Crippen molar-refractivity contribution in [2.75, 3.05) is 0 Å². The molecule has 0 fully saturated rings. The van der Waals surface area contributed by atoms with Gasteiger partial charge in [-0.15, -0.1) is 0 Å². The molecule has 0 unspecified atom stereocenters. The Balaban J connectivity index is 1.79. The van der Waals surface area contributed by atoms with Crippen LogP contribution in [0.15, 0.2) is 61.1 Å². The molecule has 0 atom stereocenters. The van der Waals surface area contributed by atoms with Crippen molar-refractivity contribution >= 4 is 10.9 Å². The molecule has 3 nitrogen and oxygen atoms in total. The maximum Gasteiger partial charge on any atom is 0.120 e. The molecule has 0 saturated carbocycles. The van der Waals surface area contributed by atoms with Gasteiger partial charge in [0.15, 0.2) is 0 Å². The number of aromatic nitrogens is 2. The highest BCUT2D eigenvalue weighted by Crippen LogP contribution is 2.19. The van der Waals surface area contributed by atoms with Crippen molar-refractivity contribution in [1.82, 2.24) is 9.97 Å². The van der Waals surface area contributed by atoms with E-state index in [1.54, 1.807) is 12.5 Å². The maximum atomic E-state index is 5.74. The van der Waals surface area contributed by atoms with Crippen LogP contribution in [0.5, 0.6) is 5.75 Å². The van der Waals surface area contributed by atoms with Crippen LogP contribution < -0.4 is 4.74 Å². The van der Waals surface area contributed by atoms with Gasteiger partial charge in [0.05, 0.1) is 5.52 Å². The molecule has 0 spiro atoms. The third-order valence-electron chi connectivity index (χ3n) is 2.72. The molecule has 18 heavy (non-hydrogen) atoms. The highest BCUT2D eigenvalue weighted by Gasteiger charge is 1.99. The summed E-state index contributed by atoms with van der Waals surface area (Å²) in [6.45, 7) is 0.569. The number of nitrogens with zero attached hydrogens (tertiary/aromatic N) is 2. The molecular weight excluding hydrogens is 224 g/mol. The first-order valence-electron chi connectivity index (χ1n) is 5.78. The lowest BCUT2D eigenvalue weighted by molar-refractivity contribution is 0.306. The summed E-state index contributed by atoms with van der Waals surface area (Å²) in [4.78, 5) is 8.18. The average molecular weight is 236 g/mol. The molecule has 0 radical (unpaired) electrons. The van der Waals surface area contributed by atoms with E-state index >= 15 is 0 Å². The second-order valence-electron chi connectivity index (χ2n) is 4.02. The Bertz CT molecular complexity index is 653. The third-order valence-corrected chi connectivity index (χ3v) is 2.72. The summed E-state index contributed by atoms with van der Waals surface area (Å²) in [6.07, 6.45) is 3.34. The lowest BCUT2D eigenvalue weighted by Crippen LogP contribution is -1.95. The highest BCUT2D eigenvalue weighted by molar-refractivity contribution is 5.78. The molecule has 88 valence electrons. The number of fused-ring (bicyclic) bond motifs is 1. The first-order valence-corrected chi connectivity index (χ1v) is 5.78. The first-order chi connectivity index (χ1) is 8.92. The van der Waals surface area contributed by atoms with Gasteiger partial charge in [-0.1, -0.05) is 30.3 Å². The molecule has 3 heteroatoms. The number of benzene rings is 2. The van der Waals surface area contributed by atoms with Crippen molar-refractivity contribution in [2.45, 2.75) is 6.61 Å². The molecule has 0 aliphatic rings. The minimum absolute atomic E-state index is 0.569. The Labute approximate surface area is 105 Å². The van der Waals surface area contributed by atoms with Crippen LogP contribution in [0.1, 0.15) is 5.56 Å². The fourth-order valence-electron chi connectivity index (χ4n) is 1.79. The van der Waals surface area contributed by atoms with Crippen molar-refractivity contribution < 1.29 is 4.74 Å². The molecule has 0 bridgehead atoms. The van der Waals surface area contributed by atoms with E-state index in [1.807, 2.05) is 48.5 Å². The third kappa shape index (κ3) is 2.30. The molecule has 3 rings (SSSR count). The average Bonchev–Trinajstić information content (AvgIpc) is 2.46. The van der Waals surface area contributed by atoms with Gasteiger partial charge in [-0.3, -0.25) is 0 Å². The first kappa shape index (κ1) is 10.7. The van der Waals surface area contributed by atoms with Crippen molar-refractivity contribution in [2.24, 2.45) is 0 Å². The van der Waals surface area contributed by atoms with Gasteiger partial charge in [0.25, 0.3) is 0 Å². The smallest absolute Gasteiger partial charge is 0.120 e. The van der Waals surface area contributed by atoms with Crippen LogP contribution in [-0.4, -0.2) is 9.97 Å². The fourth-order valence-corrected chi connectivity index (χ4v) is 1.79. The van der Waals surface area contributed by atoms with E-state index in [0.29, 0.717) is 6.61 Å². The second-order valence-corrected chi connectivity index (χ2v) is 4.02. The number of ether oxygens (including phenoxy) is 1. The van der Waals surface area contributed by atoms with Crippen LogP contribution in [0.4, 0.5) is 0 Å². The van der Waals surface area contributed by atoms with E-state index in [9.17, 15) is 0 Å². The summed E-state index contributed by atoms with van der Waals surface area (Å²) in [6, 6.07) is 15.9. The van der Waals surface area contributed by atoms with Gasteiger partial charge in [0.1, 0.15) is 18.7 Å². The Morgan fingerprint density at radius 2 is 1.89 bits per heavy atom. The van der Waals surface area contributed by atoms with E-state index in [1.165, 1.54) is 0 Å². The monoisotopic (exact) mass is 236 g/mol.